The third-order valence-corrected chi connectivity index (χ3v) is 2.80. The van der Waals surface area contributed by atoms with Crippen LogP contribution < -0.4 is 0 Å². The lowest BCUT2D eigenvalue weighted by atomic mass is 10.1. The van der Waals surface area contributed by atoms with Crippen molar-refractivity contribution >= 4 is 11.7 Å². The highest BCUT2D eigenvalue weighted by Crippen LogP contribution is 2.23. The van der Waals surface area contributed by atoms with Gasteiger partial charge in [-0.25, -0.2) is 4.79 Å². The minimum atomic E-state index is -0.717. The van der Waals surface area contributed by atoms with E-state index < -0.39 is 10.9 Å². The molecule has 7 nitrogen and oxygen atoms in total. The van der Waals surface area contributed by atoms with Crippen LogP contribution in [0.3, 0.4) is 0 Å². The highest BCUT2D eigenvalue weighted by atomic mass is 16.6. The molecule has 100 valence electrons. The first-order valence-corrected chi connectivity index (χ1v) is 5.64. The molecule has 0 bridgehead atoms. The average molecular weight is 255 g/mol. The van der Waals surface area contributed by atoms with Crippen LogP contribution in [-0.2, 0) is 11.8 Å². The summed E-state index contributed by atoms with van der Waals surface area (Å²) in [7, 11) is 1.48. The van der Waals surface area contributed by atoms with Crippen molar-refractivity contribution in [2.75, 3.05) is 0 Å². The molecule has 0 unspecified atom stereocenters. The Labute approximate surface area is 105 Å². The Morgan fingerprint density at radius 3 is 2.44 bits per heavy atom. The maximum Gasteiger partial charge on any atom is 0.364 e. The zero-order valence-corrected chi connectivity index (χ0v) is 11.1. The Morgan fingerprint density at radius 2 is 2.00 bits per heavy atom. The number of hydrogen-bond donors (Lipinski definition) is 0. The van der Waals surface area contributed by atoms with Crippen LogP contribution in [0, 0.1) is 23.0 Å². The van der Waals surface area contributed by atoms with Gasteiger partial charge < -0.3 is 4.74 Å². The van der Waals surface area contributed by atoms with Crippen molar-refractivity contribution in [3.05, 3.63) is 21.5 Å². The summed E-state index contributed by atoms with van der Waals surface area (Å²) in [5, 5.41) is 14.8. The van der Waals surface area contributed by atoms with Crippen LogP contribution in [0.5, 0.6) is 0 Å². The Balaban J connectivity index is 3.09. The first kappa shape index (κ1) is 14.1. The lowest BCUT2D eigenvalue weighted by Crippen LogP contribution is -2.22. The summed E-state index contributed by atoms with van der Waals surface area (Å²) < 4.78 is 6.36. The monoisotopic (exact) mass is 255 g/mol. The molecular weight excluding hydrogens is 238 g/mol. The van der Waals surface area contributed by atoms with E-state index in [0.29, 0.717) is 0 Å². The van der Waals surface area contributed by atoms with Crippen LogP contribution >= 0.6 is 0 Å². The van der Waals surface area contributed by atoms with Gasteiger partial charge >= 0.3 is 11.7 Å². The number of aryl methyl sites for hydroxylation is 2. The molecule has 0 N–H and O–H groups in total. The van der Waals surface area contributed by atoms with Gasteiger partial charge in [0.15, 0.2) is 0 Å². The summed E-state index contributed by atoms with van der Waals surface area (Å²) in [6.07, 6.45) is -0.313. The Kier molecular flexibility index (Phi) is 4.05. The minimum Gasteiger partial charge on any atom is -0.457 e. The van der Waals surface area contributed by atoms with Crippen LogP contribution in [0.4, 0.5) is 5.69 Å². The van der Waals surface area contributed by atoms with Gasteiger partial charge in [-0.2, -0.15) is 5.10 Å². The van der Waals surface area contributed by atoms with Crippen molar-refractivity contribution in [2.45, 2.75) is 33.8 Å². The van der Waals surface area contributed by atoms with Gasteiger partial charge in [-0.3, -0.25) is 14.8 Å². The molecule has 1 aromatic heterocycles. The molecule has 1 rings (SSSR count). The third-order valence-electron chi connectivity index (χ3n) is 2.80. The predicted molar refractivity (Wildman–Crippen MR) is 64.3 cm³/mol. The van der Waals surface area contributed by atoms with Gasteiger partial charge in [0.1, 0.15) is 11.8 Å². The molecule has 0 fully saturated rings. The molecule has 1 heterocycles. The lowest BCUT2D eigenvalue weighted by molar-refractivity contribution is -0.385. The number of rotatable bonds is 4. The van der Waals surface area contributed by atoms with Crippen molar-refractivity contribution in [1.29, 1.82) is 0 Å². The molecule has 0 radical (unpaired) electrons. The SMILES string of the molecule is Cc1nn(C)c(C(=O)O[C@@H](C)C(C)C)c1[N+](=O)[O-]. The molecule has 0 aromatic carbocycles. The number of esters is 1. The van der Waals surface area contributed by atoms with Gasteiger partial charge in [-0.15, -0.1) is 0 Å². The molecule has 0 aliphatic carbocycles. The summed E-state index contributed by atoms with van der Waals surface area (Å²) >= 11 is 0. The molecule has 0 saturated carbocycles. The van der Waals surface area contributed by atoms with Crippen LogP contribution in [0.2, 0.25) is 0 Å². The molecular formula is C11H17N3O4. The van der Waals surface area contributed by atoms with Crippen LogP contribution in [-0.4, -0.2) is 26.8 Å². The molecule has 0 spiro atoms. The average Bonchev–Trinajstić information content (AvgIpc) is 2.52. The molecule has 1 aromatic rings. The number of hydrogen-bond acceptors (Lipinski definition) is 5. The van der Waals surface area contributed by atoms with Gasteiger partial charge in [0.05, 0.1) is 4.92 Å². The van der Waals surface area contributed by atoms with Gasteiger partial charge in [-0.1, -0.05) is 13.8 Å². The molecule has 0 saturated heterocycles. The van der Waals surface area contributed by atoms with Crippen molar-refractivity contribution in [1.82, 2.24) is 9.78 Å². The largest absolute Gasteiger partial charge is 0.457 e. The molecule has 0 aliphatic rings. The molecule has 0 aliphatic heterocycles. The number of ether oxygens (including phenoxy) is 1. The fraction of sp³-hybridized carbons (Fsp3) is 0.636. The summed E-state index contributed by atoms with van der Waals surface area (Å²) in [5.74, 6) is -0.576. The lowest BCUT2D eigenvalue weighted by Gasteiger charge is -2.16. The fourth-order valence-electron chi connectivity index (χ4n) is 1.46. The smallest absolute Gasteiger partial charge is 0.364 e. The van der Waals surface area contributed by atoms with Gasteiger partial charge in [0.25, 0.3) is 0 Å². The second kappa shape index (κ2) is 5.16. The Bertz CT molecular complexity index is 479. The topological polar surface area (TPSA) is 87.3 Å². The third kappa shape index (κ3) is 2.66. The molecule has 7 heteroatoms. The second-order valence-electron chi connectivity index (χ2n) is 4.52. The van der Waals surface area contributed by atoms with Gasteiger partial charge in [-0.05, 0) is 19.8 Å². The van der Waals surface area contributed by atoms with E-state index in [1.165, 1.54) is 18.7 Å². The van der Waals surface area contributed by atoms with Crippen LogP contribution in [0.15, 0.2) is 0 Å². The second-order valence-corrected chi connectivity index (χ2v) is 4.52. The minimum absolute atomic E-state index is 0.120. The number of nitrogens with zero attached hydrogens (tertiary/aromatic N) is 3. The van der Waals surface area contributed by atoms with E-state index in [-0.39, 0.29) is 29.1 Å². The van der Waals surface area contributed by atoms with Gasteiger partial charge in [0.2, 0.25) is 5.69 Å². The maximum atomic E-state index is 11.9. The van der Waals surface area contributed by atoms with E-state index in [9.17, 15) is 14.9 Å². The number of nitro groups is 1. The molecule has 0 amide bonds. The van der Waals surface area contributed by atoms with Crippen molar-refractivity contribution in [3.63, 3.8) is 0 Å². The fourth-order valence-corrected chi connectivity index (χ4v) is 1.46. The molecule has 18 heavy (non-hydrogen) atoms. The Morgan fingerprint density at radius 1 is 1.44 bits per heavy atom. The first-order valence-electron chi connectivity index (χ1n) is 5.64. The summed E-state index contributed by atoms with van der Waals surface area (Å²) in [6, 6.07) is 0. The van der Waals surface area contributed by atoms with Gasteiger partial charge in [0, 0.05) is 7.05 Å². The van der Waals surface area contributed by atoms with Crippen LogP contribution in [0.25, 0.3) is 0 Å². The highest BCUT2D eigenvalue weighted by Gasteiger charge is 2.31. The summed E-state index contributed by atoms with van der Waals surface area (Å²) in [5.41, 5.74) is -0.213. The predicted octanol–water partition coefficient (Wildman–Crippen LogP) is 1.84. The quantitative estimate of drug-likeness (QED) is 0.465. The van der Waals surface area contributed by atoms with Crippen LogP contribution in [0.1, 0.15) is 37.0 Å². The van der Waals surface area contributed by atoms with Crippen molar-refractivity contribution in [3.8, 4) is 0 Å². The van der Waals surface area contributed by atoms with E-state index >= 15 is 0 Å². The highest BCUT2D eigenvalue weighted by molar-refractivity contribution is 5.92. The standard InChI is InChI=1S/C11H17N3O4/c1-6(2)8(4)18-11(15)10-9(14(16)17)7(3)12-13(10)5/h6,8H,1-5H3/t8-/m0/s1. The summed E-state index contributed by atoms with van der Waals surface area (Å²) in [4.78, 5) is 22.2. The Hall–Kier alpha value is -1.92. The number of carbonyl (C=O) groups is 1. The van der Waals surface area contributed by atoms with E-state index in [1.54, 1.807) is 6.92 Å². The zero-order chi connectivity index (χ0) is 14.0. The van der Waals surface area contributed by atoms with Crippen molar-refractivity contribution < 1.29 is 14.5 Å². The maximum absolute atomic E-state index is 11.9. The molecule has 1 atom stereocenters. The van der Waals surface area contributed by atoms with Crippen molar-refractivity contribution in [2.24, 2.45) is 13.0 Å². The van der Waals surface area contributed by atoms with E-state index in [0.717, 1.165) is 0 Å². The number of carbonyl (C=O) groups excluding carboxylic acids is 1. The van der Waals surface area contributed by atoms with E-state index in [4.69, 9.17) is 4.74 Å². The number of aromatic nitrogens is 2. The summed E-state index contributed by atoms with van der Waals surface area (Å²) in [6.45, 7) is 7.04. The van der Waals surface area contributed by atoms with E-state index in [1.807, 2.05) is 13.8 Å². The first-order chi connectivity index (χ1) is 8.25. The zero-order valence-electron chi connectivity index (χ0n) is 11.1. The normalized spacial score (nSPS) is 12.6. The van der Waals surface area contributed by atoms with E-state index in [2.05, 4.69) is 5.10 Å².